The Morgan fingerprint density at radius 1 is 1.10 bits per heavy atom. The highest BCUT2D eigenvalue weighted by molar-refractivity contribution is 5.51. The van der Waals surface area contributed by atoms with E-state index in [1.165, 1.54) is 62.9 Å². The van der Waals surface area contributed by atoms with Crippen molar-refractivity contribution in [3.05, 3.63) is 29.8 Å². The van der Waals surface area contributed by atoms with Crippen molar-refractivity contribution in [1.82, 2.24) is 4.90 Å². The number of nitrogens with one attached hydrogen (secondary N) is 1. The van der Waals surface area contributed by atoms with Gasteiger partial charge in [0.25, 0.3) is 0 Å². The molecular formula is C18H28N2O. The van der Waals surface area contributed by atoms with Crippen LogP contribution in [-0.2, 0) is 11.3 Å². The second-order valence-electron chi connectivity index (χ2n) is 6.49. The van der Waals surface area contributed by atoms with E-state index in [4.69, 9.17) is 4.74 Å². The van der Waals surface area contributed by atoms with Gasteiger partial charge in [0.2, 0.25) is 0 Å². The molecule has 0 bridgehead atoms. The Balaban J connectivity index is 1.59. The van der Waals surface area contributed by atoms with Crippen molar-refractivity contribution < 1.29 is 4.74 Å². The average Bonchev–Trinajstić information content (AvgIpc) is 3.03. The number of hydrogen-bond donors (Lipinski definition) is 1. The van der Waals surface area contributed by atoms with Crippen molar-refractivity contribution in [3.63, 3.8) is 0 Å². The van der Waals surface area contributed by atoms with Gasteiger partial charge >= 0.3 is 0 Å². The smallest absolute Gasteiger partial charge is 0.0572 e. The number of rotatable bonds is 5. The number of ether oxygens (including phenoxy) is 1. The summed E-state index contributed by atoms with van der Waals surface area (Å²) in [7, 11) is 1.84. The summed E-state index contributed by atoms with van der Waals surface area (Å²) < 4.78 is 5.47. The second-order valence-corrected chi connectivity index (χ2v) is 6.49. The minimum atomic E-state index is 0.475. The lowest BCUT2D eigenvalue weighted by Crippen LogP contribution is -2.30. The lowest BCUT2D eigenvalue weighted by atomic mass is 9.92. The predicted molar refractivity (Wildman–Crippen MR) is 87.6 cm³/mol. The van der Waals surface area contributed by atoms with E-state index >= 15 is 0 Å². The van der Waals surface area contributed by atoms with Gasteiger partial charge in [-0.2, -0.15) is 0 Å². The fourth-order valence-electron chi connectivity index (χ4n) is 3.64. The van der Waals surface area contributed by atoms with Crippen LogP contribution in [0.15, 0.2) is 24.3 Å². The molecular weight excluding hydrogens is 260 g/mol. The van der Waals surface area contributed by atoms with Gasteiger partial charge in [0.05, 0.1) is 6.10 Å². The molecule has 3 heteroatoms. The Morgan fingerprint density at radius 3 is 2.52 bits per heavy atom. The predicted octanol–water partition coefficient (Wildman–Crippen LogP) is 3.65. The molecule has 1 N–H and O–H groups in total. The van der Waals surface area contributed by atoms with Gasteiger partial charge < -0.3 is 10.1 Å². The molecule has 1 saturated heterocycles. The second kappa shape index (κ2) is 7.28. The Bertz CT molecular complexity index is 435. The Kier molecular flexibility index (Phi) is 5.15. The molecule has 2 aliphatic rings. The molecule has 0 atom stereocenters. The number of benzene rings is 1. The Labute approximate surface area is 128 Å². The van der Waals surface area contributed by atoms with Gasteiger partial charge in [-0.3, -0.25) is 4.90 Å². The van der Waals surface area contributed by atoms with Gasteiger partial charge in [-0.05, 0) is 63.2 Å². The molecule has 116 valence electrons. The van der Waals surface area contributed by atoms with Gasteiger partial charge in [0.15, 0.2) is 0 Å². The summed E-state index contributed by atoms with van der Waals surface area (Å²) in [6.07, 6.45) is 7.99. The van der Waals surface area contributed by atoms with Crippen LogP contribution in [0.3, 0.4) is 0 Å². The lowest BCUT2D eigenvalue weighted by molar-refractivity contribution is 0.0682. The van der Waals surface area contributed by atoms with Gasteiger partial charge in [-0.25, -0.2) is 0 Å². The van der Waals surface area contributed by atoms with E-state index in [0.29, 0.717) is 12.1 Å². The number of anilines is 1. The SMILES string of the molecule is COC1CCC(Nc2ccccc2CN2CCCC2)CC1. The molecule has 1 aromatic rings. The van der Waals surface area contributed by atoms with Crippen LogP contribution in [0, 0.1) is 0 Å². The number of hydrogen-bond acceptors (Lipinski definition) is 3. The molecule has 3 rings (SSSR count). The van der Waals surface area contributed by atoms with Crippen LogP contribution in [-0.4, -0.2) is 37.2 Å². The molecule has 21 heavy (non-hydrogen) atoms. The van der Waals surface area contributed by atoms with Crippen LogP contribution in [0.1, 0.15) is 44.1 Å². The molecule has 1 aliphatic heterocycles. The molecule has 1 heterocycles. The molecule has 1 saturated carbocycles. The Morgan fingerprint density at radius 2 is 1.81 bits per heavy atom. The molecule has 0 radical (unpaired) electrons. The number of likely N-dealkylation sites (tertiary alicyclic amines) is 1. The van der Waals surface area contributed by atoms with Crippen LogP contribution in [0.25, 0.3) is 0 Å². The summed E-state index contributed by atoms with van der Waals surface area (Å²) in [5.74, 6) is 0. The molecule has 1 aromatic carbocycles. The maximum absolute atomic E-state index is 5.47. The first-order valence-corrected chi connectivity index (χ1v) is 8.45. The third-order valence-electron chi connectivity index (χ3n) is 4.98. The average molecular weight is 288 g/mol. The van der Waals surface area contributed by atoms with Crippen LogP contribution in [0.4, 0.5) is 5.69 Å². The van der Waals surface area contributed by atoms with Crippen molar-refractivity contribution in [2.24, 2.45) is 0 Å². The van der Waals surface area contributed by atoms with Gasteiger partial charge in [0.1, 0.15) is 0 Å². The zero-order valence-electron chi connectivity index (χ0n) is 13.2. The maximum Gasteiger partial charge on any atom is 0.0572 e. The van der Waals surface area contributed by atoms with Crippen molar-refractivity contribution in [2.45, 2.75) is 57.2 Å². The molecule has 0 spiro atoms. The van der Waals surface area contributed by atoms with E-state index in [2.05, 4.69) is 34.5 Å². The van der Waals surface area contributed by atoms with E-state index in [1.54, 1.807) is 0 Å². The van der Waals surface area contributed by atoms with Crippen molar-refractivity contribution in [1.29, 1.82) is 0 Å². The summed E-state index contributed by atoms with van der Waals surface area (Å²) in [4.78, 5) is 2.57. The highest BCUT2D eigenvalue weighted by Crippen LogP contribution is 2.26. The molecule has 3 nitrogen and oxygen atoms in total. The lowest BCUT2D eigenvalue weighted by Gasteiger charge is -2.30. The molecule has 1 aliphatic carbocycles. The first kappa shape index (κ1) is 14.9. The van der Waals surface area contributed by atoms with Crippen molar-refractivity contribution in [3.8, 4) is 0 Å². The number of para-hydroxylation sites is 1. The van der Waals surface area contributed by atoms with E-state index < -0.39 is 0 Å². The maximum atomic E-state index is 5.47. The fourth-order valence-corrected chi connectivity index (χ4v) is 3.64. The van der Waals surface area contributed by atoms with Crippen LogP contribution in [0.2, 0.25) is 0 Å². The third kappa shape index (κ3) is 3.98. The largest absolute Gasteiger partial charge is 0.382 e. The van der Waals surface area contributed by atoms with E-state index in [-0.39, 0.29) is 0 Å². The summed E-state index contributed by atoms with van der Waals surface area (Å²) >= 11 is 0. The van der Waals surface area contributed by atoms with Crippen molar-refractivity contribution >= 4 is 5.69 Å². The summed E-state index contributed by atoms with van der Waals surface area (Å²) in [6.45, 7) is 3.61. The van der Waals surface area contributed by atoms with Crippen molar-refractivity contribution in [2.75, 3.05) is 25.5 Å². The summed E-state index contributed by atoms with van der Waals surface area (Å²) in [5, 5.41) is 3.79. The fraction of sp³-hybridized carbons (Fsp3) is 0.667. The topological polar surface area (TPSA) is 24.5 Å². The summed E-state index contributed by atoms with van der Waals surface area (Å²) in [6, 6.07) is 9.45. The monoisotopic (exact) mass is 288 g/mol. The first-order chi connectivity index (χ1) is 10.3. The van der Waals surface area contributed by atoms with Crippen LogP contribution in [0.5, 0.6) is 0 Å². The summed E-state index contributed by atoms with van der Waals surface area (Å²) in [5.41, 5.74) is 2.79. The standard InChI is InChI=1S/C18H28N2O/c1-21-17-10-8-16(9-11-17)19-18-7-3-2-6-15(18)14-20-12-4-5-13-20/h2-3,6-7,16-17,19H,4-5,8-14H2,1H3. The van der Waals surface area contributed by atoms with Crippen LogP contribution >= 0.6 is 0 Å². The normalized spacial score (nSPS) is 26.9. The molecule has 0 unspecified atom stereocenters. The minimum absolute atomic E-state index is 0.475. The molecule has 0 amide bonds. The van der Waals surface area contributed by atoms with Crippen LogP contribution < -0.4 is 5.32 Å². The zero-order chi connectivity index (χ0) is 14.5. The third-order valence-corrected chi connectivity index (χ3v) is 4.98. The zero-order valence-corrected chi connectivity index (χ0v) is 13.2. The first-order valence-electron chi connectivity index (χ1n) is 8.45. The van der Waals surface area contributed by atoms with Gasteiger partial charge in [0, 0.05) is 25.4 Å². The van der Waals surface area contributed by atoms with E-state index in [1.807, 2.05) is 7.11 Å². The molecule has 2 fully saturated rings. The molecule has 0 aromatic heterocycles. The van der Waals surface area contributed by atoms with Gasteiger partial charge in [-0.1, -0.05) is 18.2 Å². The highest BCUT2D eigenvalue weighted by atomic mass is 16.5. The minimum Gasteiger partial charge on any atom is -0.382 e. The number of methoxy groups -OCH3 is 1. The van der Waals surface area contributed by atoms with Gasteiger partial charge in [-0.15, -0.1) is 0 Å². The highest BCUT2D eigenvalue weighted by Gasteiger charge is 2.21. The number of nitrogens with zero attached hydrogens (tertiary/aromatic N) is 1. The van der Waals surface area contributed by atoms with E-state index in [0.717, 1.165) is 6.54 Å². The van der Waals surface area contributed by atoms with E-state index in [9.17, 15) is 0 Å². The Hall–Kier alpha value is -1.06. The quantitative estimate of drug-likeness (QED) is 0.895.